The number of fused-ring (bicyclic) bond motifs is 1. The second-order valence-corrected chi connectivity index (χ2v) is 5.21. The third kappa shape index (κ3) is 2.10. The second kappa shape index (κ2) is 4.67. The molecule has 0 amide bonds. The van der Waals surface area contributed by atoms with Gasteiger partial charge in [0.05, 0.1) is 11.9 Å². The van der Waals surface area contributed by atoms with Crippen molar-refractivity contribution in [3.63, 3.8) is 0 Å². The molecule has 0 bridgehead atoms. The van der Waals surface area contributed by atoms with Crippen LogP contribution in [0, 0.1) is 0 Å². The maximum absolute atomic E-state index is 6.29. The molecule has 2 aromatic heterocycles. The molecule has 0 radical (unpaired) electrons. The van der Waals surface area contributed by atoms with Gasteiger partial charge in [-0.1, -0.05) is 55.8 Å². The van der Waals surface area contributed by atoms with Gasteiger partial charge < -0.3 is 0 Å². The van der Waals surface area contributed by atoms with Crippen molar-refractivity contribution in [2.75, 3.05) is 0 Å². The first-order chi connectivity index (χ1) is 9.16. The molecule has 0 saturated heterocycles. The van der Waals surface area contributed by atoms with Crippen LogP contribution in [0.1, 0.15) is 25.3 Å². The first-order valence-electron chi connectivity index (χ1n) is 6.26. The Hall–Kier alpha value is -1.87. The van der Waals surface area contributed by atoms with Crippen LogP contribution in [-0.4, -0.2) is 14.6 Å². The summed E-state index contributed by atoms with van der Waals surface area (Å²) in [5.74, 6) is 0.368. The van der Waals surface area contributed by atoms with Gasteiger partial charge in [0.1, 0.15) is 5.15 Å². The van der Waals surface area contributed by atoms with Crippen molar-refractivity contribution < 1.29 is 0 Å². The van der Waals surface area contributed by atoms with E-state index in [0.717, 1.165) is 22.5 Å². The summed E-state index contributed by atoms with van der Waals surface area (Å²) in [5, 5.41) is 4.88. The van der Waals surface area contributed by atoms with Crippen LogP contribution in [0.3, 0.4) is 0 Å². The Bertz CT molecular complexity index is 717. The SMILES string of the molecule is CC(C)c1cnn2c(Cl)cc(-c3ccccc3)nc12. The monoisotopic (exact) mass is 271 g/mol. The summed E-state index contributed by atoms with van der Waals surface area (Å²) in [7, 11) is 0. The van der Waals surface area contributed by atoms with E-state index in [2.05, 4.69) is 18.9 Å². The summed E-state index contributed by atoms with van der Waals surface area (Å²) >= 11 is 6.29. The van der Waals surface area contributed by atoms with E-state index in [-0.39, 0.29) is 0 Å². The molecule has 4 heteroatoms. The van der Waals surface area contributed by atoms with Crippen molar-refractivity contribution >= 4 is 17.2 Å². The number of aromatic nitrogens is 3. The molecular weight excluding hydrogens is 258 g/mol. The summed E-state index contributed by atoms with van der Waals surface area (Å²) in [4.78, 5) is 4.70. The van der Waals surface area contributed by atoms with Crippen molar-refractivity contribution in [1.82, 2.24) is 14.6 Å². The van der Waals surface area contributed by atoms with Gasteiger partial charge in [-0.15, -0.1) is 0 Å². The predicted molar refractivity (Wildman–Crippen MR) is 77.5 cm³/mol. The minimum Gasteiger partial charge on any atom is -0.228 e. The Kier molecular flexibility index (Phi) is 2.99. The van der Waals surface area contributed by atoms with E-state index in [9.17, 15) is 0 Å². The number of hydrogen-bond donors (Lipinski definition) is 0. The summed E-state index contributed by atoms with van der Waals surface area (Å²) in [6.07, 6.45) is 1.84. The third-order valence-electron chi connectivity index (χ3n) is 3.15. The minimum absolute atomic E-state index is 0.368. The summed E-state index contributed by atoms with van der Waals surface area (Å²) in [6.45, 7) is 4.25. The van der Waals surface area contributed by atoms with Gasteiger partial charge in [0.25, 0.3) is 0 Å². The zero-order valence-corrected chi connectivity index (χ0v) is 11.6. The van der Waals surface area contributed by atoms with Crippen LogP contribution in [0.2, 0.25) is 5.15 Å². The van der Waals surface area contributed by atoms with Gasteiger partial charge in [-0.3, -0.25) is 0 Å². The molecule has 0 atom stereocenters. The zero-order valence-electron chi connectivity index (χ0n) is 10.8. The molecule has 0 saturated carbocycles. The standard InChI is InChI=1S/C15H14ClN3/c1-10(2)12-9-17-19-14(16)8-13(18-15(12)19)11-6-4-3-5-7-11/h3-10H,1-2H3. The van der Waals surface area contributed by atoms with E-state index in [4.69, 9.17) is 16.6 Å². The first-order valence-corrected chi connectivity index (χ1v) is 6.64. The first kappa shape index (κ1) is 12.2. The van der Waals surface area contributed by atoms with Gasteiger partial charge >= 0.3 is 0 Å². The molecular formula is C15H14ClN3. The van der Waals surface area contributed by atoms with E-state index < -0.39 is 0 Å². The fraction of sp³-hybridized carbons (Fsp3) is 0.200. The van der Waals surface area contributed by atoms with Crippen molar-refractivity contribution in [2.45, 2.75) is 19.8 Å². The fourth-order valence-corrected chi connectivity index (χ4v) is 2.33. The zero-order chi connectivity index (χ0) is 13.4. The maximum atomic E-state index is 6.29. The van der Waals surface area contributed by atoms with Gasteiger partial charge in [0.15, 0.2) is 5.65 Å². The van der Waals surface area contributed by atoms with Crippen LogP contribution in [0.15, 0.2) is 42.6 Å². The van der Waals surface area contributed by atoms with E-state index >= 15 is 0 Å². The quantitative estimate of drug-likeness (QED) is 0.655. The van der Waals surface area contributed by atoms with Crippen LogP contribution >= 0.6 is 11.6 Å². The number of halogens is 1. The predicted octanol–water partition coefficient (Wildman–Crippen LogP) is 4.17. The Labute approximate surface area is 116 Å². The number of hydrogen-bond acceptors (Lipinski definition) is 2. The molecule has 0 aliphatic heterocycles. The number of benzene rings is 1. The molecule has 0 spiro atoms. The smallest absolute Gasteiger partial charge is 0.160 e. The Morgan fingerprint density at radius 3 is 2.58 bits per heavy atom. The largest absolute Gasteiger partial charge is 0.228 e. The number of nitrogens with zero attached hydrogens (tertiary/aromatic N) is 3. The lowest BCUT2D eigenvalue weighted by Crippen LogP contribution is -1.96. The van der Waals surface area contributed by atoms with E-state index in [1.54, 1.807) is 4.52 Å². The molecule has 2 heterocycles. The van der Waals surface area contributed by atoms with Crippen LogP contribution in [-0.2, 0) is 0 Å². The average Bonchev–Trinajstić information content (AvgIpc) is 2.84. The molecule has 3 nitrogen and oxygen atoms in total. The molecule has 0 N–H and O–H groups in total. The summed E-state index contributed by atoms with van der Waals surface area (Å²) < 4.78 is 1.68. The van der Waals surface area contributed by atoms with Gasteiger partial charge in [0.2, 0.25) is 0 Å². The molecule has 0 aliphatic rings. The lowest BCUT2D eigenvalue weighted by Gasteiger charge is -2.06. The summed E-state index contributed by atoms with van der Waals surface area (Å²) in [5.41, 5.74) is 3.88. The molecule has 1 aromatic carbocycles. The average molecular weight is 272 g/mol. The molecule has 0 aliphatic carbocycles. The van der Waals surface area contributed by atoms with Gasteiger partial charge in [-0.2, -0.15) is 5.10 Å². The molecule has 3 rings (SSSR count). The van der Waals surface area contributed by atoms with Gasteiger partial charge in [0, 0.05) is 17.2 Å². The van der Waals surface area contributed by atoms with Gasteiger partial charge in [-0.05, 0) is 5.92 Å². The third-order valence-corrected chi connectivity index (χ3v) is 3.42. The second-order valence-electron chi connectivity index (χ2n) is 4.82. The topological polar surface area (TPSA) is 30.2 Å². The van der Waals surface area contributed by atoms with Crippen LogP contribution in [0.5, 0.6) is 0 Å². The highest BCUT2D eigenvalue weighted by molar-refractivity contribution is 6.30. The minimum atomic E-state index is 0.368. The van der Waals surface area contributed by atoms with E-state index in [1.165, 1.54) is 0 Å². The van der Waals surface area contributed by atoms with E-state index in [1.807, 2.05) is 42.6 Å². The molecule has 0 fully saturated rings. The summed E-state index contributed by atoms with van der Waals surface area (Å²) in [6, 6.07) is 11.9. The van der Waals surface area contributed by atoms with Gasteiger partial charge in [-0.25, -0.2) is 9.50 Å². The number of rotatable bonds is 2. The van der Waals surface area contributed by atoms with Crippen LogP contribution in [0.4, 0.5) is 0 Å². The Morgan fingerprint density at radius 2 is 1.89 bits per heavy atom. The van der Waals surface area contributed by atoms with Crippen LogP contribution in [0.25, 0.3) is 16.9 Å². The Balaban J connectivity index is 2.26. The van der Waals surface area contributed by atoms with E-state index in [0.29, 0.717) is 11.1 Å². The highest BCUT2D eigenvalue weighted by Crippen LogP contribution is 2.26. The molecule has 0 unspecified atom stereocenters. The van der Waals surface area contributed by atoms with Crippen molar-refractivity contribution in [1.29, 1.82) is 0 Å². The lowest BCUT2D eigenvalue weighted by molar-refractivity contribution is 0.872. The van der Waals surface area contributed by atoms with Crippen molar-refractivity contribution in [2.24, 2.45) is 0 Å². The highest BCUT2D eigenvalue weighted by Gasteiger charge is 2.13. The lowest BCUT2D eigenvalue weighted by atomic mass is 10.1. The normalized spacial score (nSPS) is 11.4. The maximum Gasteiger partial charge on any atom is 0.160 e. The van der Waals surface area contributed by atoms with Crippen molar-refractivity contribution in [3.05, 3.63) is 53.3 Å². The molecule has 3 aromatic rings. The fourth-order valence-electron chi connectivity index (χ4n) is 2.11. The van der Waals surface area contributed by atoms with Crippen molar-refractivity contribution in [3.8, 4) is 11.3 Å². The Morgan fingerprint density at radius 1 is 1.16 bits per heavy atom. The van der Waals surface area contributed by atoms with Crippen LogP contribution < -0.4 is 0 Å². The molecule has 96 valence electrons. The highest BCUT2D eigenvalue weighted by atomic mass is 35.5. The molecule has 19 heavy (non-hydrogen) atoms.